The molecule has 1 aromatic heterocycles. The quantitative estimate of drug-likeness (QED) is 0.792. The summed E-state index contributed by atoms with van der Waals surface area (Å²) >= 11 is 0. The summed E-state index contributed by atoms with van der Waals surface area (Å²) < 4.78 is 0. The first-order valence-electron chi connectivity index (χ1n) is 6.85. The first-order chi connectivity index (χ1) is 10.2. The Hall–Kier alpha value is -2.68. The lowest BCUT2D eigenvalue weighted by Gasteiger charge is -2.12. The SMILES string of the molecule is O=C(O)C(Cc1ccc2ccccc2c1)c1ccccn1. The lowest BCUT2D eigenvalue weighted by Crippen LogP contribution is -2.15. The fourth-order valence-electron chi connectivity index (χ4n) is 2.50. The van der Waals surface area contributed by atoms with Gasteiger partial charge in [-0.05, 0) is 34.9 Å². The predicted octanol–water partition coefficient (Wildman–Crippen LogP) is 3.65. The molecule has 0 bridgehead atoms. The maximum atomic E-state index is 11.5. The van der Waals surface area contributed by atoms with Gasteiger partial charge in [0.05, 0.1) is 5.69 Å². The standard InChI is InChI=1S/C18H15NO2/c20-18(21)16(17-7-3-4-10-19-17)12-13-8-9-14-5-1-2-6-15(14)11-13/h1-11,16H,12H2,(H,20,21). The molecule has 0 radical (unpaired) electrons. The number of carbonyl (C=O) groups is 1. The first kappa shape index (κ1) is 13.3. The van der Waals surface area contributed by atoms with Crippen molar-refractivity contribution in [2.45, 2.75) is 12.3 Å². The molecule has 3 nitrogen and oxygen atoms in total. The number of rotatable bonds is 4. The van der Waals surface area contributed by atoms with Gasteiger partial charge in [-0.1, -0.05) is 48.5 Å². The van der Waals surface area contributed by atoms with Crippen molar-refractivity contribution in [2.75, 3.05) is 0 Å². The largest absolute Gasteiger partial charge is 0.481 e. The molecule has 21 heavy (non-hydrogen) atoms. The van der Waals surface area contributed by atoms with Crippen LogP contribution in [-0.2, 0) is 11.2 Å². The summed E-state index contributed by atoms with van der Waals surface area (Å²) in [6, 6.07) is 19.5. The summed E-state index contributed by atoms with van der Waals surface area (Å²) in [6.07, 6.45) is 2.07. The number of fused-ring (bicyclic) bond motifs is 1. The van der Waals surface area contributed by atoms with E-state index in [1.807, 2.05) is 48.5 Å². The number of aromatic nitrogens is 1. The van der Waals surface area contributed by atoms with Gasteiger partial charge in [-0.2, -0.15) is 0 Å². The molecule has 3 rings (SSSR count). The van der Waals surface area contributed by atoms with Crippen LogP contribution in [0.25, 0.3) is 10.8 Å². The second kappa shape index (κ2) is 5.75. The minimum absolute atomic E-state index is 0.442. The van der Waals surface area contributed by atoms with Crippen molar-refractivity contribution >= 4 is 16.7 Å². The highest BCUT2D eigenvalue weighted by atomic mass is 16.4. The second-order valence-corrected chi connectivity index (χ2v) is 5.03. The zero-order chi connectivity index (χ0) is 14.7. The molecule has 0 aliphatic carbocycles. The molecular weight excluding hydrogens is 262 g/mol. The van der Waals surface area contributed by atoms with E-state index in [0.29, 0.717) is 12.1 Å². The highest BCUT2D eigenvalue weighted by Gasteiger charge is 2.21. The predicted molar refractivity (Wildman–Crippen MR) is 82.3 cm³/mol. The van der Waals surface area contributed by atoms with E-state index in [4.69, 9.17) is 0 Å². The fourth-order valence-corrected chi connectivity index (χ4v) is 2.50. The Morgan fingerprint density at radius 2 is 1.76 bits per heavy atom. The number of nitrogens with zero attached hydrogens (tertiary/aromatic N) is 1. The molecule has 2 aromatic carbocycles. The average molecular weight is 277 g/mol. The molecule has 1 heterocycles. The Morgan fingerprint density at radius 1 is 1.00 bits per heavy atom. The van der Waals surface area contributed by atoms with Crippen LogP contribution in [0, 0.1) is 0 Å². The molecule has 3 heteroatoms. The number of carboxylic acid groups (broad SMARTS) is 1. The zero-order valence-electron chi connectivity index (χ0n) is 11.4. The van der Waals surface area contributed by atoms with Crippen molar-refractivity contribution in [3.63, 3.8) is 0 Å². The average Bonchev–Trinajstić information content (AvgIpc) is 2.53. The Labute approximate surface area is 122 Å². The maximum Gasteiger partial charge on any atom is 0.312 e. The van der Waals surface area contributed by atoms with E-state index in [0.717, 1.165) is 16.3 Å². The smallest absolute Gasteiger partial charge is 0.312 e. The number of pyridine rings is 1. The zero-order valence-corrected chi connectivity index (χ0v) is 11.4. The number of benzene rings is 2. The summed E-state index contributed by atoms with van der Waals surface area (Å²) in [7, 11) is 0. The van der Waals surface area contributed by atoms with Crippen LogP contribution in [0.4, 0.5) is 0 Å². The Kier molecular flexibility index (Phi) is 3.65. The van der Waals surface area contributed by atoms with Gasteiger partial charge in [-0.15, -0.1) is 0 Å². The Balaban J connectivity index is 1.93. The minimum Gasteiger partial charge on any atom is -0.481 e. The molecule has 0 aliphatic rings. The third kappa shape index (κ3) is 2.92. The van der Waals surface area contributed by atoms with Gasteiger partial charge < -0.3 is 5.11 Å². The molecule has 104 valence electrons. The van der Waals surface area contributed by atoms with Crippen LogP contribution in [0.5, 0.6) is 0 Å². The first-order valence-corrected chi connectivity index (χ1v) is 6.85. The van der Waals surface area contributed by atoms with E-state index in [-0.39, 0.29) is 0 Å². The van der Waals surface area contributed by atoms with Gasteiger partial charge in [0.1, 0.15) is 5.92 Å². The van der Waals surface area contributed by atoms with Crippen molar-refractivity contribution in [2.24, 2.45) is 0 Å². The highest BCUT2D eigenvalue weighted by molar-refractivity contribution is 5.83. The summed E-state index contributed by atoms with van der Waals surface area (Å²) in [4.78, 5) is 15.7. The van der Waals surface area contributed by atoms with Crippen molar-refractivity contribution < 1.29 is 9.90 Å². The molecule has 0 amide bonds. The van der Waals surface area contributed by atoms with Gasteiger partial charge >= 0.3 is 5.97 Å². The molecule has 3 aromatic rings. The Bertz CT molecular complexity index is 768. The third-order valence-electron chi connectivity index (χ3n) is 3.60. The van der Waals surface area contributed by atoms with E-state index < -0.39 is 11.9 Å². The molecule has 0 spiro atoms. The topological polar surface area (TPSA) is 50.2 Å². The van der Waals surface area contributed by atoms with E-state index in [1.165, 1.54) is 0 Å². The number of aliphatic carboxylic acids is 1. The van der Waals surface area contributed by atoms with Gasteiger partial charge in [0.15, 0.2) is 0 Å². The summed E-state index contributed by atoms with van der Waals surface area (Å²) in [5.74, 6) is -1.46. The van der Waals surface area contributed by atoms with E-state index in [9.17, 15) is 9.90 Å². The van der Waals surface area contributed by atoms with Crippen LogP contribution in [0.3, 0.4) is 0 Å². The monoisotopic (exact) mass is 277 g/mol. The molecule has 1 N–H and O–H groups in total. The van der Waals surface area contributed by atoms with Crippen LogP contribution in [0.2, 0.25) is 0 Å². The van der Waals surface area contributed by atoms with Crippen molar-refractivity contribution in [1.29, 1.82) is 0 Å². The van der Waals surface area contributed by atoms with E-state index >= 15 is 0 Å². The molecule has 0 saturated carbocycles. The van der Waals surface area contributed by atoms with Crippen LogP contribution >= 0.6 is 0 Å². The lowest BCUT2D eigenvalue weighted by molar-refractivity contribution is -0.138. The van der Waals surface area contributed by atoms with Crippen LogP contribution in [-0.4, -0.2) is 16.1 Å². The number of hydrogen-bond acceptors (Lipinski definition) is 2. The highest BCUT2D eigenvalue weighted by Crippen LogP contribution is 2.22. The summed E-state index contributed by atoms with van der Waals surface area (Å²) in [5, 5.41) is 11.7. The third-order valence-corrected chi connectivity index (χ3v) is 3.60. The molecule has 1 atom stereocenters. The van der Waals surface area contributed by atoms with Gasteiger partial charge in [0.2, 0.25) is 0 Å². The maximum absolute atomic E-state index is 11.5. The molecule has 0 fully saturated rings. The van der Waals surface area contributed by atoms with E-state index in [1.54, 1.807) is 18.3 Å². The fraction of sp³-hybridized carbons (Fsp3) is 0.111. The number of carboxylic acids is 1. The van der Waals surface area contributed by atoms with Gasteiger partial charge in [-0.25, -0.2) is 0 Å². The van der Waals surface area contributed by atoms with Gasteiger partial charge in [0, 0.05) is 6.20 Å². The summed E-state index contributed by atoms with van der Waals surface area (Å²) in [5.41, 5.74) is 1.60. The van der Waals surface area contributed by atoms with Gasteiger partial charge in [-0.3, -0.25) is 9.78 Å². The second-order valence-electron chi connectivity index (χ2n) is 5.03. The molecule has 1 unspecified atom stereocenters. The van der Waals surface area contributed by atoms with Crippen molar-refractivity contribution in [3.05, 3.63) is 78.1 Å². The normalized spacial score (nSPS) is 12.2. The molecule has 0 aliphatic heterocycles. The van der Waals surface area contributed by atoms with Crippen molar-refractivity contribution in [3.8, 4) is 0 Å². The lowest BCUT2D eigenvalue weighted by atomic mass is 9.94. The van der Waals surface area contributed by atoms with Crippen LogP contribution in [0.15, 0.2) is 66.9 Å². The van der Waals surface area contributed by atoms with Crippen molar-refractivity contribution in [1.82, 2.24) is 4.98 Å². The number of hydrogen-bond donors (Lipinski definition) is 1. The van der Waals surface area contributed by atoms with Gasteiger partial charge in [0.25, 0.3) is 0 Å². The van der Waals surface area contributed by atoms with E-state index in [2.05, 4.69) is 4.98 Å². The Morgan fingerprint density at radius 3 is 2.48 bits per heavy atom. The van der Waals surface area contributed by atoms with Crippen LogP contribution in [0.1, 0.15) is 17.2 Å². The molecule has 0 saturated heterocycles. The minimum atomic E-state index is -0.846. The van der Waals surface area contributed by atoms with Crippen LogP contribution < -0.4 is 0 Å². The summed E-state index contributed by atoms with van der Waals surface area (Å²) in [6.45, 7) is 0. The molecular formula is C18H15NO2.